The Morgan fingerprint density at radius 1 is 0.750 bits per heavy atom. The van der Waals surface area contributed by atoms with Crippen molar-refractivity contribution in [2.45, 2.75) is 0 Å². The molecule has 0 radical (unpaired) electrons. The molecule has 0 spiro atoms. The van der Waals surface area contributed by atoms with Gasteiger partial charge in [-0.05, 0) is 29.8 Å². The Kier molecular flexibility index (Phi) is 3.01. The van der Waals surface area contributed by atoms with Crippen LogP contribution in [0.5, 0.6) is 0 Å². The third-order valence-electron chi connectivity index (χ3n) is 2.19. The minimum absolute atomic E-state index is 0.0476. The van der Waals surface area contributed by atoms with Gasteiger partial charge in [0.25, 0.3) is 0 Å². The Bertz CT molecular complexity index is 521. The first kappa shape index (κ1) is 11.2. The van der Waals surface area contributed by atoms with E-state index in [0.29, 0.717) is 5.56 Å². The van der Waals surface area contributed by atoms with E-state index < -0.39 is 17.5 Å². The Morgan fingerprint density at radius 2 is 1.38 bits per heavy atom. The average Bonchev–Trinajstić information content (AvgIpc) is 2.28. The van der Waals surface area contributed by atoms with E-state index in [0.717, 1.165) is 10.5 Å². The summed E-state index contributed by atoms with van der Waals surface area (Å²) in [7, 11) is 0. The van der Waals surface area contributed by atoms with E-state index in [2.05, 4.69) is 15.9 Å². The first-order valence-electron chi connectivity index (χ1n) is 4.49. The minimum atomic E-state index is -1.44. The van der Waals surface area contributed by atoms with Gasteiger partial charge in [-0.2, -0.15) is 0 Å². The largest absolute Gasteiger partial charge is 0.204 e. The highest BCUT2D eigenvalue weighted by Crippen LogP contribution is 2.26. The van der Waals surface area contributed by atoms with Gasteiger partial charge in [0.1, 0.15) is 0 Å². The molecule has 0 nitrogen and oxygen atoms in total. The maximum atomic E-state index is 13.4. The summed E-state index contributed by atoms with van der Waals surface area (Å²) >= 11 is 3.23. The first-order chi connectivity index (χ1) is 7.59. The summed E-state index contributed by atoms with van der Waals surface area (Å²) in [4.78, 5) is 0. The van der Waals surface area contributed by atoms with Crippen molar-refractivity contribution >= 4 is 15.9 Å². The summed E-state index contributed by atoms with van der Waals surface area (Å²) in [6, 6.07) is 8.79. The number of benzene rings is 2. The summed E-state index contributed by atoms with van der Waals surface area (Å²) in [5, 5.41) is 0. The number of hydrogen-bond acceptors (Lipinski definition) is 0. The molecule has 0 aliphatic rings. The molecule has 0 bridgehead atoms. The van der Waals surface area contributed by atoms with Gasteiger partial charge in [-0.25, -0.2) is 13.2 Å². The van der Waals surface area contributed by atoms with E-state index >= 15 is 0 Å². The molecular formula is C12H6BrF3. The van der Waals surface area contributed by atoms with Crippen LogP contribution in [0.2, 0.25) is 0 Å². The van der Waals surface area contributed by atoms with Gasteiger partial charge in [0.15, 0.2) is 17.5 Å². The van der Waals surface area contributed by atoms with Crippen LogP contribution in [0.1, 0.15) is 0 Å². The summed E-state index contributed by atoms with van der Waals surface area (Å²) < 4.78 is 40.0. The average molecular weight is 287 g/mol. The molecule has 16 heavy (non-hydrogen) atoms. The van der Waals surface area contributed by atoms with Crippen molar-refractivity contribution in [2.24, 2.45) is 0 Å². The molecule has 4 heteroatoms. The Balaban J connectivity index is 2.57. The predicted molar refractivity (Wildman–Crippen MR) is 59.5 cm³/mol. The molecule has 0 heterocycles. The Hall–Kier alpha value is -1.29. The molecule has 0 saturated heterocycles. The van der Waals surface area contributed by atoms with Crippen molar-refractivity contribution < 1.29 is 13.2 Å². The summed E-state index contributed by atoms with van der Waals surface area (Å²) in [6.07, 6.45) is 0. The summed E-state index contributed by atoms with van der Waals surface area (Å²) in [6.45, 7) is 0. The molecular weight excluding hydrogens is 281 g/mol. The van der Waals surface area contributed by atoms with Gasteiger partial charge in [-0.15, -0.1) is 0 Å². The van der Waals surface area contributed by atoms with Gasteiger partial charge in [-0.3, -0.25) is 0 Å². The quantitative estimate of drug-likeness (QED) is 0.676. The van der Waals surface area contributed by atoms with Crippen molar-refractivity contribution in [3.8, 4) is 11.1 Å². The zero-order chi connectivity index (χ0) is 11.7. The van der Waals surface area contributed by atoms with Crippen LogP contribution in [-0.2, 0) is 0 Å². The fourth-order valence-electron chi connectivity index (χ4n) is 1.38. The monoisotopic (exact) mass is 286 g/mol. The first-order valence-corrected chi connectivity index (χ1v) is 5.28. The molecule has 2 rings (SSSR count). The van der Waals surface area contributed by atoms with Gasteiger partial charge in [0, 0.05) is 10.0 Å². The summed E-state index contributed by atoms with van der Waals surface area (Å²) in [5.74, 6) is -3.79. The lowest BCUT2D eigenvalue weighted by atomic mass is 10.1. The molecule has 2 aromatic carbocycles. The third-order valence-corrected chi connectivity index (χ3v) is 2.72. The Labute approximate surface area is 98.9 Å². The van der Waals surface area contributed by atoms with Crippen LogP contribution >= 0.6 is 15.9 Å². The van der Waals surface area contributed by atoms with Crippen LogP contribution in [-0.4, -0.2) is 0 Å². The normalized spacial score (nSPS) is 10.5. The number of hydrogen-bond donors (Lipinski definition) is 0. The molecule has 0 unspecified atom stereocenters. The van der Waals surface area contributed by atoms with E-state index in [9.17, 15) is 13.2 Å². The molecule has 0 atom stereocenters. The molecule has 2 aromatic rings. The standard InChI is InChI=1S/C12H6BrF3/c13-8-3-1-7(2-4-8)9-5-6-10(14)12(16)11(9)15/h1-6H. The predicted octanol–water partition coefficient (Wildman–Crippen LogP) is 4.53. The van der Waals surface area contributed by atoms with E-state index in [1.807, 2.05) is 0 Å². The van der Waals surface area contributed by atoms with Gasteiger partial charge in [-0.1, -0.05) is 28.1 Å². The molecule has 0 aromatic heterocycles. The second kappa shape index (κ2) is 4.29. The lowest BCUT2D eigenvalue weighted by molar-refractivity contribution is 0.449. The van der Waals surface area contributed by atoms with E-state index in [1.54, 1.807) is 24.3 Å². The zero-order valence-electron chi connectivity index (χ0n) is 7.98. The SMILES string of the molecule is Fc1ccc(-c2ccc(Br)cc2)c(F)c1F. The number of halogens is 4. The van der Waals surface area contributed by atoms with Crippen LogP contribution in [0.25, 0.3) is 11.1 Å². The second-order valence-corrected chi connectivity index (χ2v) is 4.15. The molecule has 0 amide bonds. The zero-order valence-corrected chi connectivity index (χ0v) is 9.56. The lowest BCUT2D eigenvalue weighted by Crippen LogP contribution is -1.93. The van der Waals surface area contributed by atoms with Gasteiger partial charge in [0.2, 0.25) is 0 Å². The van der Waals surface area contributed by atoms with Gasteiger partial charge < -0.3 is 0 Å². The van der Waals surface area contributed by atoms with Crippen molar-refractivity contribution in [1.82, 2.24) is 0 Å². The highest BCUT2D eigenvalue weighted by molar-refractivity contribution is 9.10. The molecule has 0 aliphatic heterocycles. The maximum Gasteiger partial charge on any atom is 0.195 e. The van der Waals surface area contributed by atoms with Crippen LogP contribution in [0, 0.1) is 17.5 Å². The fourth-order valence-corrected chi connectivity index (χ4v) is 1.64. The second-order valence-electron chi connectivity index (χ2n) is 3.23. The minimum Gasteiger partial charge on any atom is -0.204 e. The molecule has 0 fully saturated rings. The van der Waals surface area contributed by atoms with Crippen LogP contribution < -0.4 is 0 Å². The highest BCUT2D eigenvalue weighted by Gasteiger charge is 2.14. The number of rotatable bonds is 1. The van der Waals surface area contributed by atoms with Crippen molar-refractivity contribution in [3.63, 3.8) is 0 Å². The highest BCUT2D eigenvalue weighted by atomic mass is 79.9. The van der Waals surface area contributed by atoms with Crippen molar-refractivity contribution in [1.29, 1.82) is 0 Å². The van der Waals surface area contributed by atoms with Crippen LogP contribution in [0.15, 0.2) is 40.9 Å². The van der Waals surface area contributed by atoms with Gasteiger partial charge in [0.05, 0.1) is 0 Å². The molecule has 0 saturated carbocycles. The van der Waals surface area contributed by atoms with Crippen molar-refractivity contribution in [2.75, 3.05) is 0 Å². The van der Waals surface area contributed by atoms with E-state index in [-0.39, 0.29) is 5.56 Å². The van der Waals surface area contributed by atoms with Crippen LogP contribution in [0.3, 0.4) is 0 Å². The van der Waals surface area contributed by atoms with Crippen LogP contribution in [0.4, 0.5) is 13.2 Å². The lowest BCUT2D eigenvalue weighted by Gasteiger charge is -2.04. The molecule has 0 N–H and O–H groups in total. The van der Waals surface area contributed by atoms with Gasteiger partial charge >= 0.3 is 0 Å². The van der Waals surface area contributed by atoms with E-state index in [4.69, 9.17) is 0 Å². The van der Waals surface area contributed by atoms with E-state index in [1.165, 1.54) is 6.07 Å². The topological polar surface area (TPSA) is 0 Å². The summed E-state index contributed by atoms with van der Waals surface area (Å²) in [5.41, 5.74) is 0.547. The fraction of sp³-hybridized carbons (Fsp3) is 0. The maximum absolute atomic E-state index is 13.4. The third kappa shape index (κ3) is 1.97. The Morgan fingerprint density at radius 3 is 2.00 bits per heavy atom. The van der Waals surface area contributed by atoms with Crippen molar-refractivity contribution in [3.05, 3.63) is 58.3 Å². The smallest absolute Gasteiger partial charge is 0.195 e. The molecule has 0 aliphatic carbocycles. The molecule has 82 valence electrons.